The SMILES string of the molecule is COCC(Sc1cc(Cl)ccc1Cl)C(=O)O. The van der Waals surface area contributed by atoms with Crippen molar-refractivity contribution >= 4 is 40.9 Å². The molecule has 0 saturated heterocycles. The maximum absolute atomic E-state index is 10.9. The molecule has 1 atom stereocenters. The number of carbonyl (C=O) groups is 1. The Labute approximate surface area is 108 Å². The number of benzene rings is 1. The second-order valence-corrected chi connectivity index (χ2v) is 5.06. The molecule has 1 unspecified atom stereocenters. The molecule has 6 heteroatoms. The van der Waals surface area contributed by atoms with Crippen LogP contribution in [-0.2, 0) is 9.53 Å². The number of carboxylic acid groups (broad SMARTS) is 1. The van der Waals surface area contributed by atoms with Gasteiger partial charge in [0.25, 0.3) is 0 Å². The number of halogens is 2. The van der Waals surface area contributed by atoms with Gasteiger partial charge in [-0.25, -0.2) is 0 Å². The summed E-state index contributed by atoms with van der Waals surface area (Å²) < 4.78 is 4.83. The maximum atomic E-state index is 10.9. The minimum absolute atomic E-state index is 0.114. The second kappa shape index (κ2) is 6.35. The Balaban J connectivity index is 2.84. The molecule has 0 fully saturated rings. The minimum atomic E-state index is -0.942. The number of hydrogen-bond acceptors (Lipinski definition) is 3. The summed E-state index contributed by atoms with van der Waals surface area (Å²) in [4.78, 5) is 11.6. The summed E-state index contributed by atoms with van der Waals surface area (Å²) in [6.45, 7) is 0.114. The summed E-state index contributed by atoms with van der Waals surface area (Å²) in [6.07, 6.45) is 0. The third kappa shape index (κ3) is 3.87. The number of thioether (sulfide) groups is 1. The van der Waals surface area contributed by atoms with Gasteiger partial charge in [-0.05, 0) is 18.2 Å². The van der Waals surface area contributed by atoms with Crippen molar-refractivity contribution in [3.05, 3.63) is 28.2 Å². The van der Waals surface area contributed by atoms with Gasteiger partial charge < -0.3 is 9.84 Å². The highest BCUT2D eigenvalue weighted by atomic mass is 35.5. The Morgan fingerprint density at radius 2 is 2.25 bits per heavy atom. The summed E-state index contributed by atoms with van der Waals surface area (Å²) in [5.41, 5.74) is 0. The Morgan fingerprint density at radius 1 is 1.56 bits per heavy atom. The van der Waals surface area contributed by atoms with Crippen molar-refractivity contribution in [1.82, 2.24) is 0 Å². The number of carboxylic acids is 1. The van der Waals surface area contributed by atoms with E-state index in [1.54, 1.807) is 18.2 Å². The van der Waals surface area contributed by atoms with Gasteiger partial charge in [0.15, 0.2) is 0 Å². The molecule has 3 nitrogen and oxygen atoms in total. The van der Waals surface area contributed by atoms with E-state index in [0.29, 0.717) is 14.9 Å². The van der Waals surface area contributed by atoms with Gasteiger partial charge in [0, 0.05) is 17.0 Å². The van der Waals surface area contributed by atoms with Crippen LogP contribution in [0, 0.1) is 0 Å². The monoisotopic (exact) mass is 280 g/mol. The molecule has 0 saturated carbocycles. The fourth-order valence-corrected chi connectivity index (χ4v) is 2.50. The van der Waals surface area contributed by atoms with Crippen LogP contribution in [0.4, 0.5) is 0 Å². The van der Waals surface area contributed by atoms with E-state index >= 15 is 0 Å². The highest BCUT2D eigenvalue weighted by Gasteiger charge is 2.20. The van der Waals surface area contributed by atoms with E-state index < -0.39 is 11.2 Å². The summed E-state index contributed by atoms with van der Waals surface area (Å²) >= 11 is 12.9. The molecule has 1 aromatic carbocycles. The number of rotatable bonds is 5. The molecule has 16 heavy (non-hydrogen) atoms. The van der Waals surface area contributed by atoms with Crippen molar-refractivity contribution in [2.75, 3.05) is 13.7 Å². The van der Waals surface area contributed by atoms with Crippen molar-refractivity contribution < 1.29 is 14.6 Å². The smallest absolute Gasteiger partial charge is 0.319 e. The minimum Gasteiger partial charge on any atom is -0.480 e. The molecule has 0 bridgehead atoms. The van der Waals surface area contributed by atoms with Gasteiger partial charge in [-0.2, -0.15) is 0 Å². The quantitative estimate of drug-likeness (QED) is 0.842. The third-order valence-electron chi connectivity index (χ3n) is 1.76. The van der Waals surface area contributed by atoms with Crippen LogP contribution in [0.3, 0.4) is 0 Å². The molecule has 0 aliphatic heterocycles. The second-order valence-electron chi connectivity index (χ2n) is 2.97. The van der Waals surface area contributed by atoms with Gasteiger partial charge in [0.1, 0.15) is 5.25 Å². The van der Waals surface area contributed by atoms with E-state index in [1.165, 1.54) is 7.11 Å². The maximum Gasteiger partial charge on any atom is 0.319 e. The van der Waals surface area contributed by atoms with Crippen molar-refractivity contribution in [3.8, 4) is 0 Å². The Hall–Kier alpha value is -0.420. The summed E-state index contributed by atoms with van der Waals surface area (Å²) in [5, 5.41) is 9.26. The third-order valence-corrected chi connectivity index (χ3v) is 3.65. The van der Waals surface area contributed by atoms with Crippen LogP contribution in [0.5, 0.6) is 0 Å². The van der Waals surface area contributed by atoms with Gasteiger partial charge in [0.2, 0.25) is 0 Å². The first-order chi connectivity index (χ1) is 7.54. The first-order valence-corrected chi connectivity index (χ1v) is 6.01. The van der Waals surface area contributed by atoms with Crippen LogP contribution < -0.4 is 0 Å². The van der Waals surface area contributed by atoms with Crippen LogP contribution in [0.15, 0.2) is 23.1 Å². The lowest BCUT2D eigenvalue weighted by atomic mass is 10.4. The molecule has 0 aliphatic rings. The van der Waals surface area contributed by atoms with Crippen LogP contribution in [0.2, 0.25) is 10.0 Å². The standard InChI is InChI=1S/C10H10Cl2O3S/c1-15-5-9(10(13)14)16-8-4-6(11)2-3-7(8)12/h2-4,9H,5H2,1H3,(H,13,14). The zero-order valence-electron chi connectivity index (χ0n) is 8.44. The lowest BCUT2D eigenvalue weighted by molar-refractivity contribution is -0.137. The lowest BCUT2D eigenvalue weighted by Crippen LogP contribution is -2.21. The predicted molar refractivity (Wildman–Crippen MR) is 65.6 cm³/mol. The Kier molecular flexibility index (Phi) is 5.41. The summed E-state index contributed by atoms with van der Waals surface area (Å²) in [7, 11) is 1.45. The molecular formula is C10H10Cl2O3S. The van der Waals surface area contributed by atoms with E-state index in [1.807, 2.05) is 0 Å². The first-order valence-electron chi connectivity index (χ1n) is 4.38. The largest absolute Gasteiger partial charge is 0.480 e. The fraction of sp³-hybridized carbons (Fsp3) is 0.300. The zero-order valence-corrected chi connectivity index (χ0v) is 10.8. The molecule has 0 aromatic heterocycles. The molecular weight excluding hydrogens is 271 g/mol. The molecule has 1 N–H and O–H groups in total. The van der Waals surface area contributed by atoms with Gasteiger partial charge in [-0.15, -0.1) is 11.8 Å². The van der Waals surface area contributed by atoms with E-state index in [2.05, 4.69) is 0 Å². The molecule has 1 aromatic rings. The lowest BCUT2D eigenvalue weighted by Gasteiger charge is -2.12. The average Bonchev–Trinajstić information content (AvgIpc) is 2.22. The van der Waals surface area contributed by atoms with E-state index in [9.17, 15) is 4.79 Å². The molecule has 0 heterocycles. The molecule has 88 valence electrons. The molecule has 0 aliphatic carbocycles. The average molecular weight is 281 g/mol. The van der Waals surface area contributed by atoms with Crippen molar-refractivity contribution in [1.29, 1.82) is 0 Å². The highest BCUT2D eigenvalue weighted by molar-refractivity contribution is 8.00. The van der Waals surface area contributed by atoms with Gasteiger partial charge in [-0.1, -0.05) is 23.2 Å². The number of aliphatic carboxylic acids is 1. The normalized spacial score (nSPS) is 12.4. The zero-order chi connectivity index (χ0) is 12.1. The first kappa shape index (κ1) is 13.6. The van der Waals surface area contributed by atoms with E-state index in [0.717, 1.165) is 11.8 Å². The Morgan fingerprint density at radius 3 is 2.81 bits per heavy atom. The van der Waals surface area contributed by atoms with Crippen LogP contribution in [-0.4, -0.2) is 30.0 Å². The van der Waals surface area contributed by atoms with Crippen LogP contribution >= 0.6 is 35.0 Å². The van der Waals surface area contributed by atoms with Crippen molar-refractivity contribution in [2.45, 2.75) is 10.1 Å². The predicted octanol–water partition coefficient (Wildman–Crippen LogP) is 3.19. The van der Waals surface area contributed by atoms with Gasteiger partial charge in [0.05, 0.1) is 11.6 Å². The Bertz CT molecular complexity index is 384. The summed E-state index contributed by atoms with van der Waals surface area (Å²) in [5.74, 6) is -0.942. The number of ether oxygens (including phenoxy) is 1. The number of methoxy groups -OCH3 is 1. The van der Waals surface area contributed by atoms with E-state index in [-0.39, 0.29) is 6.61 Å². The summed E-state index contributed by atoms with van der Waals surface area (Å²) in [6, 6.07) is 4.93. The topological polar surface area (TPSA) is 46.5 Å². The van der Waals surface area contributed by atoms with Gasteiger partial charge in [-0.3, -0.25) is 4.79 Å². The van der Waals surface area contributed by atoms with Crippen LogP contribution in [0.1, 0.15) is 0 Å². The van der Waals surface area contributed by atoms with Crippen molar-refractivity contribution in [2.24, 2.45) is 0 Å². The number of hydrogen-bond donors (Lipinski definition) is 1. The molecule has 0 amide bonds. The van der Waals surface area contributed by atoms with Crippen LogP contribution in [0.25, 0.3) is 0 Å². The highest BCUT2D eigenvalue weighted by Crippen LogP contribution is 2.32. The van der Waals surface area contributed by atoms with Gasteiger partial charge >= 0.3 is 5.97 Å². The fourth-order valence-electron chi connectivity index (χ4n) is 1.03. The van der Waals surface area contributed by atoms with Crippen molar-refractivity contribution in [3.63, 3.8) is 0 Å². The molecule has 1 rings (SSSR count). The molecule has 0 radical (unpaired) electrons. The molecule has 0 spiro atoms. The van der Waals surface area contributed by atoms with E-state index in [4.69, 9.17) is 33.0 Å².